The minimum Gasteiger partial charge on any atom is -0.308 e. The van der Waals surface area contributed by atoms with Gasteiger partial charge in [-0.3, -0.25) is 9.69 Å². The second kappa shape index (κ2) is 10.2. The third-order valence-corrected chi connectivity index (χ3v) is 7.66. The predicted molar refractivity (Wildman–Crippen MR) is 129 cm³/mol. The molecule has 0 aliphatic heterocycles. The lowest BCUT2D eigenvalue weighted by molar-refractivity contribution is 0.0985. The maximum absolute atomic E-state index is 13.3. The van der Waals surface area contributed by atoms with Crippen LogP contribution < -0.4 is 4.90 Å². The Morgan fingerprint density at radius 3 is 2.23 bits per heavy atom. The van der Waals surface area contributed by atoms with Crippen molar-refractivity contribution in [2.75, 3.05) is 46.2 Å². The van der Waals surface area contributed by atoms with Gasteiger partial charge in [0.1, 0.15) is 5.52 Å². The van der Waals surface area contributed by atoms with Gasteiger partial charge in [-0.1, -0.05) is 29.0 Å². The van der Waals surface area contributed by atoms with Crippen LogP contribution in [0.4, 0.5) is 5.13 Å². The highest BCUT2D eigenvalue weighted by Gasteiger charge is 2.23. The number of anilines is 1. The number of thiazole rings is 1. The zero-order valence-electron chi connectivity index (χ0n) is 17.6. The van der Waals surface area contributed by atoms with Crippen molar-refractivity contribution in [2.45, 2.75) is 4.90 Å². The van der Waals surface area contributed by atoms with Crippen LogP contribution in [-0.2, 0) is 10.0 Å². The molecule has 1 heterocycles. The molecule has 3 rings (SSSR count). The molecular formula is C20H24Cl2N4O3S2. The van der Waals surface area contributed by atoms with Gasteiger partial charge in [0.2, 0.25) is 10.0 Å². The van der Waals surface area contributed by atoms with Gasteiger partial charge in [0.05, 0.1) is 14.6 Å². The number of sulfonamides is 1. The minimum absolute atomic E-state index is 0. The fourth-order valence-corrected chi connectivity index (χ4v) is 4.93. The quantitative estimate of drug-likeness (QED) is 0.490. The Kier molecular flexibility index (Phi) is 8.43. The number of hydrogen-bond acceptors (Lipinski definition) is 6. The van der Waals surface area contributed by atoms with E-state index in [9.17, 15) is 13.2 Å². The highest BCUT2D eigenvalue weighted by atomic mass is 35.5. The van der Waals surface area contributed by atoms with E-state index in [1.54, 1.807) is 11.0 Å². The van der Waals surface area contributed by atoms with E-state index >= 15 is 0 Å². The van der Waals surface area contributed by atoms with Crippen molar-refractivity contribution in [3.63, 3.8) is 0 Å². The lowest BCUT2D eigenvalue weighted by Crippen LogP contribution is -2.36. The number of carbonyl (C=O) groups excluding carboxylic acids is 1. The minimum atomic E-state index is -3.56. The maximum atomic E-state index is 13.3. The summed E-state index contributed by atoms with van der Waals surface area (Å²) < 4.78 is 26.6. The molecule has 0 aliphatic rings. The lowest BCUT2D eigenvalue weighted by atomic mass is 10.2. The fraction of sp³-hybridized carbons (Fsp3) is 0.300. The molecule has 0 fully saturated rings. The van der Waals surface area contributed by atoms with E-state index < -0.39 is 10.0 Å². The van der Waals surface area contributed by atoms with E-state index in [0.717, 1.165) is 9.01 Å². The molecule has 7 nitrogen and oxygen atoms in total. The Balaban J connectivity index is 0.00000341. The van der Waals surface area contributed by atoms with Crippen molar-refractivity contribution in [2.24, 2.45) is 0 Å². The van der Waals surface area contributed by atoms with Crippen molar-refractivity contribution in [3.05, 3.63) is 53.1 Å². The summed E-state index contributed by atoms with van der Waals surface area (Å²) in [7, 11) is 3.24. The Hall–Kier alpha value is -1.75. The van der Waals surface area contributed by atoms with Crippen LogP contribution in [0.25, 0.3) is 10.2 Å². The Labute approximate surface area is 197 Å². The van der Waals surface area contributed by atoms with Gasteiger partial charge in [0.25, 0.3) is 5.91 Å². The van der Waals surface area contributed by atoms with Crippen LogP contribution in [0.2, 0.25) is 5.02 Å². The summed E-state index contributed by atoms with van der Waals surface area (Å²) in [6.45, 7) is 1.07. The number of nitrogens with zero attached hydrogens (tertiary/aromatic N) is 4. The molecule has 11 heteroatoms. The Bertz CT molecular complexity index is 1160. The third kappa shape index (κ3) is 5.54. The molecule has 2 aromatic carbocycles. The zero-order chi connectivity index (χ0) is 22.1. The fourth-order valence-electron chi connectivity index (χ4n) is 2.74. The molecule has 0 bridgehead atoms. The first-order valence-corrected chi connectivity index (χ1v) is 11.8. The SMILES string of the molecule is CN(C)CCN(C(=O)c1ccc(S(=O)(=O)N(C)C)cc1)c1nc2c(Cl)cccc2s1.Cl. The van der Waals surface area contributed by atoms with E-state index in [2.05, 4.69) is 4.98 Å². The van der Waals surface area contributed by atoms with Crippen molar-refractivity contribution >= 4 is 66.6 Å². The number of fused-ring (bicyclic) bond motifs is 1. The zero-order valence-corrected chi connectivity index (χ0v) is 20.8. The molecule has 0 saturated heterocycles. The molecule has 0 unspecified atom stereocenters. The van der Waals surface area contributed by atoms with Gasteiger partial charge < -0.3 is 4.90 Å². The summed E-state index contributed by atoms with van der Waals surface area (Å²) in [6, 6.07) is 11.5. The number of amides is 1. The molecule has 0 radical (unpaired) electrons. The number of benzene rings is 2. The van der Waals surface area contributed by atoms with E-state index in [4.69, 9.17) is 11.6 Å². The topological polar surface area (TPSA) is 73.8 Å². The lowest BCUT2D eigenvalue weighted by Gasteiger charge is -2.22. The van der Waals surface area contributed by atoms with Crippen LogP contribution in [-0.4, -0.2) is 69.8 Å². The third-order valence-electron chi connectivity index (χ3n) is 4.49. The second-order valence-electron chi connectivity index (χ2n) is 7.15. The van der Waals surface area contributed by atoms with E-state index in [-0.39, 0.29) is 23.2 Å². The van der Waals surface area contributed by atoms with Gasteiger partial charge in [-0.05, 0) is 50.5 Å². The summed E-state index contributed by atoms with van der Waals surface area (Å²) in [5.41, 5.74) is 1.05. The number of hydrogen-bond donors (Lipinski definition) is 0. The monoisotopic (exact) mass is 502 g/mol. The van der Waals surface area contributed by atoms with Crippen LogP contribution in [0.15, 0.2) is 47.4 Å². The first kappa shape index (κ1) is 25.5. The van der Waals surface area contributed by atoms with Gasteiger partial charge in [-0.25, -0.2) is 17.7 Å². The summed E-state index contributed by atoms with van der Waals surface area (Å²) >= 11 is 7.65. The number of aromatic nitrogens is 1. The maximum Gasteiger partial charge on any atom is 0.260 e. The standard InChI is InChI=1S/C20H23ClN4O3S2.ClH/c1-23(2)12-13-25(20-22-18-16(21)6-5-7-17(18)29-20)19(26)14-8-10-15(11-9-14)30(27,28)24(3)4;/h5-11H,12-13H2,1-4H3;1H. The van der Waals surface area contributed by atoms with Crippen molar-refractivity contribution in [3.8, 4) is 0 Å². The smallest absolute Gasteiger partial charge is 0.260 e. The number of halogens is 2. The van der Waals surface area contributed by atoms with Crippen molar-refractivity contribution in [1.82, 2.24) is 14.2 Å². The van der Waals surface area contributed by atoms with E-state index in [0.29, 0.717) is 34.3 Å². The molecule has 0 saturated carbocycles. The summed E-state index contributed by atoms with van der Waals surface area (Å²) in [5, 5.41) is 1.09. The van der Waals surface area contributed by atoms with Gasteiger partial charge in [-0.2, -0.15) is 0 Å². The molecular weight excluding hydrogens is 479 g/mol. The molecule has 0 atom stereocenters. The molecule has 31 heavy (non-hydrogen) atoms. The van der Waals surface area contributed by atoms with Crippen LogP contribution >= 0.6 is 35.3 Å². The van der Waals surface area contributed by atoms with Crippen LogP contribution in [0.5, 0.6) is 0 Å². The highest BCUT2D eigenvalue weighted by Crippen LogP contribution is 2.33. The number of rotatable bonds is 7. The molecule has 0 aliphatic carbocycles. The van der Waals surface area contributed by atoms with Gasteiger partial charge >= 0.3 is 0 Å². The first-order valence-electron chi connectivity index (χ1n) is 9.15. The highest BCUT2D eigenvalue weighted by molar-refractivity contribution is 7.89. The molecule has 0 N–H and O–H groups in total. The summed E-state index contributed by atoms with van der Waals surface area (Å²) in [4.78, 5) is 21.6. The molecule has 1 aromatic heterocycles. The second-order valence-corrected chi connectivity index (χ2v) is 10.7. The first-order chi connectivity index (χ1) is 14.1. The normalized spacial score (nSPS) is 11.7. The van der Waals surface area contributed by atoms with Gasteiger partial charge in [0.15, 0.2) is 5.13 Å². The average molecular weight is 503 g/mol. The number of likely N-dealkylation sites (N-methyl/N-ethyl adjacent to an activating group) is 1. The molecule has 1 amide bonds. The average Bonchev–Trinajstić information content (AvgIpc) is 3.13. The Morgan fingerprint density at radius 1 is 1.03 bits per heavy atom. The van der Waals surface area contributed by atoms with Crippen molar-refractivity contribution < 1.29 is 13.2 Å². The Morgan fingerprint density at radius 2 is 1.68 bits per heavy atom. The number of para-hydroxylation sites is 1. The van der Waals surface area contributed by atoms with Gasteiger partial charge in [-0.15, -0.1) is 12.4 Å². The molecule has 168 valence electrons. The van der Waals surface area contributed by atoms with Crippen molar-refractivity contribution in [1.29, 1.82) is 0 Å². The van der Waals surface area contributed by atoms with E-state index in [1.165, 1.54) is 49.7 Å². The van der Waals surface area contributed by atoms with E-state index in [1.807, 2.05) is 31.1 Å². The summed E-state index contributed by atoms with van der Waals surface area (Å²) in [6.07, 6.45) is 0. The predicted octanol–water partition coefficient (Wildman–Crippen LogP) is 3.83. The number of carbonyl (C=O) groups is 1. The van der Waals surface area contributed by atoms with Crippen LogP contribution in [0, 0.1) is 0 Å². The largest absolute Gasteiger partial charge is 0.308 e. The van der Waals surface area contributed by atoms with Crippen LogP contribution in [0.3, 0.4) is 0 Å². The molecule has 0 spiro atoms. The molecule has 3 aromatic rings. The van der Waals surface area contributed by atoms with Gasteiger partial charge in [0, 0.05) is 32.7 Å². The summed E-state index contributed by atoms with van der Waals surface area (Å²) in [5.74, 6) is -0.249. The van der Waals surface area contributed by atoms with Crippen LogP contribution in [0.1, 0.15) is 10.4 Å².